The Bertz CT molecular complexity index is 890. The lowest BCUT2D eigenvalue weighted by molar-refractivity contribution is -0.119. The van der Waals surface area contributed by atoms with Crippen LogP contribution in [0.4, 0.5) is 17.1 Å². The van der Waals surface area contributed by atoms with Crippen molar-refractivity contribution in [3.05, 3.63) is 66.7 Å². The Labute approximate surface area is 146 Å². The molecule has 1 amide bonds. The van der Waals surface area contributed by atoms with Gasteiger partial charge in [-0.3, -0.25) is 4.79 Å². The van der Waals surface area contributed by atoms with Crippen molar-refractivity contribution in [1.29, 1.82) is 0 Å². The number of rotatable bonds is 4. The van der Waals surface area contributed by atoms with Crippen molar-refractivity contribution >= 4 is 23.0 Å². The number of fused-ring (bicyclic) bond motifs is 1. The average molecular weight is 333 g/mol. The number of hydrogen-bond donors (Lipinski definition) is 1. The maximum atomic E-state index is 12.6. The molecule has 6 nitrogen and oxygen atoms in total. The molecular weight excluding hydrogens is 314 g/mol. The number of benzene rings is 2. The van der Waals surface area contributed by atoms with Crippen molar-refractivity contribution < 1.29 is 4.79 Å². The van der Waals surface area contributed by atoms with Crippen LogP contribution in [0.15, 0.2) is 61.2 Å². The van der Waals surface area contributed by atoms with Gasteiger partial charge in [0.05, 0.1) is 11.4 Å². The minimum atomic E-state index is -0.429. The number of para-hydroxylation sites is 3. The Morgan fingerprint density at radius 1 is 1.12 bits per heavy atom. The second-order valence-corrected chi connectivity index (χ2v) is 6.09. The van der Waals surface area contributed by atoms with Crippen LogP contribution in [0.5, 0.6) is 0 Å². The van der Waals surface area contributed by atoms with Gasteiger partial charge in [0.25, 0.3) is 0 Å². The van der Waals surface area contributed by atoms with E-state index in [4.69, 9.17) is 0 Å². The van der Waals surface area contributed by atoms with Crippen LogP contribution in [0.1, 0.15) is 18.5 Å². The monoisotopic (exact) mass is 333 g/mol. The van der Waals surface area contributed by atoms with Crippen LogP contribution in [0.3, 0.4) is 0 Å². The van der Waals surface area contributed by atoms with E-state index in [0.717, 1.165) is 24.3 Å². The first-order valence-electron chi connectivity index (χ1n) is 8.33. The largest absolute Gasteiger partial charge is 0.339 e. The van der Waals surface area contributed by atoms with Gasteiger partial charge in [0.2, 0.25) is 5.91 Å². The minimum Gasteiger partial charge on any atom is -0.339 e. The minimum absolute atomic E-state index is 0.120. The molecule has 0 unspecified atom stereocenters. The lowest BCUT2D eigenvalue weighted by atomic mass is 10.1. The smallest absolute Gasteiger partial charge is 0.249 e. The molecule has 0 aliphatic carbocycles. The van der Waals surface area contributed by atoms with E-state index in [1.807, 2.05) is 30.3 Å². The summed E-state index contributed by atoms with van der Waals surface area (Å²) in [5.74, 6) is -0.120. The first kappa shape index (κ1) is 15.4. The van der Waals surface area contributed by atoms with Gasteiger partial charge in [-0.1, -0.05) is 30.3 Å². The average Bonchev–Trinajstić information content (AvgIpc) is 3.31. The van der Waals surface area contributed by atoms with Gasteiger partial charge >= 0.3 is 0 Å². The van der Waals surface area contributed by atoms with E-state index in [-0.39, 0.29) is 5.91 Å². The quantitative estimate of drug-likeness (QED) is 0.796. The lowest BCUT2D eigenvalue weighted by Gasteiger charge is -2.23. The lowest BCUT2D eigenvalue weighted by Crippen LogP contribution is -2.25. The molecule has 0 spiro atoms. The first-order chi connectivity index (χ1) is 12.2. The Morgan fingerprint density at radius 2 is 1.88 bits per heavy atom. The summed E-state index contributed by atoms with van der Waals surface area (Å²) < 4.78 is 1.54. The number of nitrogens with zero attached hydrogens (tertiary/aromatic N) is 4. The van der Waals surface area contributed by atoms with Gasteiger partial charge in [0.1, 0.15) is 18.7 Å². The summed E-state index contributed by atoms with van der Waals surface area (Å²) >= 11 is 0. The maximum absolute atomic E-state index is 12.6. The predicted molar refractivity (Wildman–Crippen MR) is 97.0 cm³/mol. The molecule has 0 fully saturated rings. The summed E-state index contributed by atoms with van der Waals surface area (Å²) in [5.41, 5.74) is 4.34. The molecule has 1 aromatic heterocycles. The summed E-state index contributed by atoms with van der Waals surface area (Å²) in [6.07, 6.45) is 3.99. The molecule has 3 aromatic rings. The third-order valence-electron chi connectivity index (χ3n) is 4.55. The molecule has 0 radical (unpaired) electrons. The van der Waals surface area contributed by atoms with Gasteiger partial charge in [-0.25, -0.2) is 9.67 Å². The van der Waals surface area contributed by atoms with Gasteiger partial charge in [-0.15, -0.1) is 0 Å². The summed E-state index contributed by atoms with van der Waals surface area (Å²) in [6, 6.07) is 15.9. The van der Waals surface area contributed by atoms with Gasteiger partial charge in [0.15, 0.2) is 0 Å². The van der Waals surface area contributed by atoms with Crippen molar-refractivity contribution in [1.82, 2.24) is 14.8 Å². The zero-order valence-electron chi connectivity index (χ0n) is 14.0. The molecule has 1 atom stereocenters. The molecular formula is C19H19N5O. The van der Waals surface area contributed by atoms with Crippen LogP contribution in [0, 0.1) is 0 Å². The van der Waals surface area contributed by atoms with E-state index in [1.54, 1.807) is 17.9 Å². The van der Waals surface area contributed by atoms with Crippen molar-refractivity contribution in [2.45, 2.75) is 19.4 Å². The fraction of sp³-hybridized carbons (Fsp3) is 0.211. The molecule has 2 aromatic carbocycles. The number of aromatic nitrogens is 3. The highest BCUT2D eigenvalue weighted by atomic mass is 16.2. The van der Waals surface area contributed by atoms with Crippen LogP contribution < -0.4 is 10.2 Å². The predicted octanol–water partition coefficient (Wildman–Crippen LogP) is 3.17. The molecule has 25 heavy (non-hydrogen) atoms. The fourth-order valence-corrected chi connectivity index (χ4v) is 3.18. The molecule has 0 saturated heterocycles. The number of carbonyl (C=O) groups excluding carboxylic acids is 1. The van der Waals surface area contributed by atoms with Gasteiger partial charge in [-0.05, 0) is 37.1 Å². The molecule has 0 saturated carbocycles. The standard InChI is InChI=1S/C19H19N5O/c1-14(24-13-20-12-21-24)19(25)22-16-7-3-5-9-18(16)23-11-10-15-6-2-4-8-17(15)23/h2-9,12-14H,10-11H2,1H3,(H,22,25)/t14-/m0/s1. The second-order valence-electron chi connectivity index (χ2n) is 6.09. The van der Waals surface area contributed by atoms with Crippen molar-refractivity contribution in [3.63, 3.8) is 0 Å². The highest BCUT2D eigenvalue weighted by Gasteiger charge is 2.23. The molecule has 2 heterocycles. The number of carbonyl (C=O) groups is 1. The third kappa shape index (κ3) is 2.87. The zero-order valence-corrected chi connectivity index (χ0v) is 14.0. The summed E-state index contributed by atoms with van der Waals surface area (Å²) in [6.45, 7) is 2.71. The molecule has 1 aliphatic heterocycles. The van der Waals surface area contributed by atoms with Crippen LogP contribution in [0.25, 0.3) is 0 Å². The van der Waals surface area contributed by atoms with E-state index in [9.17, 15) is 4.79 Å². The summed E-state index contributed by atoms with van der Waals surface area (Å²) in [7, 11) is 0. The van der Waals surface area contributed by atoms with E-state index in [0.29, 0.717) is 0 Å². The number of hydrogen-bond acceptors (Lipinski definition) is 4. The summed E-state index contributed by atoms with van der Waals surface area (Å²) in [5, 5.41) is 7.08. The van der Waals surface area contributed by atoms with Gasteiger partial charge in [-0.2, -0.15) is 5.10 Å². The van der Waals surface area contributed by atoms with Crippen LogP contribution in [0.2, 0.25) is 0 Å². The van der Waals surface area contributed by atoms with E-state index < -0.39 is 6.04 Å². The van der Waals surface area contributed by atoms with Crippen molar-refractivity contribution in [2.24, 2.45) is 0 Å². The van der Waals surface area contributed by atoms with Crippen molar-refractivity contribution in [2.75, 3.05) is 16.8 Å². The normalized spacial score (nSPS) is 14.2. The SMILES string of the molecule is C[C@@H](C(=O)Nc1ccccc1N1CCc2ccccc21)n1cncn1. The molecule has 6 heteroatoms. The Balaban J connectivity index is 1.61. The van der Waals surface area contributed by atoms with E-state index in [1.165, 1.54) is 17.6 Å². The van der Waals surface area contributed by atoms with Crippen LogP contribution in [-0.2, 0) is 11.2 Å². The topological polar surface area (TPSA) is 63.1 Å². The van der Waals surface area contributed by atoms with E-state index >= 15 is 0 Å². The molecule has 1 aliphatic rings. The fourth-order valence-electron chi connectivity index (χ4n) is 3.18. The highest BCUT2D eigenvalue weighted by molar-refractivity contribution is 5.97. The van der Waals surface area contributed by atoms with Crippen molar-refractivity contribution in [3.8, 4) is 0 Å². The van der Waals surface area contributed by atoms with Gasteiger partial charge < -0.3 is 10.2 Å². The Morgan fingerprint density at radius 3 is 2.68 bits per heavy atom. The Kier molecular flexibility index (Phi) is 3.93. The zero-order chi connectivity index (χ0) is 17.2. The maximum Gasteiger partial charge on any atom is 0.249 e. The highest BCUT2D eigenvalue weighted by Crippen LogP contribution is 2.38. The van der Waals surface area contributed by atoms with Crippen LogP contribution >= 0.6 is 0 Å². The number of amides is 1. The summed E-state index contributed by atoms with van der Waals surface area (Å²) in [4.78, 5) is 18.8. The Hall–Kier alpha value is -3.15. The molecule has 4 rings (SSSR count). The third-order valence-corrected chi connectivity index (χ3v) is 4.55. The molecule has 126 valence electrons. The number of anilines is 3. The number of nitrogens with one attached hydrogen (secondary N) is 1. The van der Waals surface area contributed by atoms with Crippen LogP contribution in [-0.4, -0.2) is 27.2 Å². The second kappa shape index (κ2) is 6.39. The molecule has 1 N–H and O–H groups in total. The first-order valence-corrected chi connectivity index (χ1v) is 8.33. The van der Waals surface area contributed by atoms with E-state index in [2.05, 4.69) is 38.5 Å². The van der Waals surface area contributed by atoms with Gasteiger partial charge in [0, 0.05) is 12.2 Å². The molecule has 0 bridgehead atoms.